The molecule has 2 N–H and O–H groups in total. The zero-order valence-electron chi connectivity index (χ0n) is 16.6. The average molecular weight is 414 g/mol. The van der Waals surface area contributed by atoms with E-state index in [-0.39, 0.29) is 31.9 Å². The largest absolute Gasteiger partial charge is 0.493 e. The number of aliphatic hydroxyl groups is 2. The van der Waals surface area contributed by atoms with Gasteiger partial charge in [0.2, 0.25) is 6.79 Å². The Bertz CT molecular complexity index is 991. The highest BCUT2D eigenvalue weighted by Gasteiger charge is 2.52. The highest BCUT2D eigenvalue weighted by Crippen LogP contribution is 2.54. The number of aliphatic hydroxyl groups excluding tert-OH is 2. The molecule has 0 aromatic heterocycles. The van der Waals surface area contributed by atoms with E-state index in [1.165, 1.54) is 14.2 Å². The van der Waals surface area contributed by atoms with Gasteiger partial charge in [0.25, 0.3) is 0 Å². The molecule has 0 bridgehead atoms. The maximum absolute atomic E-state index is 12.7. The summed E-state index contributed by atoms with van der Waals surface area (Å²) in [5.41, 5.74) is 2.76. The zero-order chi connectivity index (χ0) is 21.0. The van der Waals surface area contributed by atoms with Gasteiger partial charge in [-0.3, -0.25) is 4.79 Å². The summed E-state index contributed by atoms with van der Waals surface area (Å²) in [5.74, 6) is 0.304. The number of hydrogen-bond donors (Lipinski definition) is 2. The van der Waals surface area contributed by atoms with E-state index in [0.717, 1.165) is 11.1 Å². The summed E-state index contributed by atoms with van der Waals surface area (Å²) in [5, 5.41) is 20.9. The molecule has 2 aromatic carbocycles. The van der Waals surface area contributed by atoms with Crippen molar-refractivity contribution in [1.29, 1.82) is 0 Å². The minimum atomic E-state index is -0.861. The molecule has 1 saturated heterocycles. The van der Waals surface area contributed by atoms with Crippen LogP contribution in [0.5, 0.6) is 23.0 Å². The Morgan fingerprint density at radius 2 is 1.77 bits per heavy atom. The Morgan fingerprint density at radius 3 is 2.43 bits per heavy atom. The lowest BCUT2D eigenvalue weighted by atomic mass is 9.66. The van der Waals surface area contributed by atoms with Crippen molar-refractivity contribution in [1.82, 2.24) is 0 Å². The lowest BCUT2D eigenvalue weighted by molar-refractivity contribution is -0.141. The SMILES string of the molecule is COc1cc([C@@H]2c3cc4c(cc3[C@H](O)C3COC(=O)[C@@H]32)OCO4)cc(CO)c1OC. The van der Waals surface area contributed by atoms with Crippen LogP contribution in [-0.4, -0.2) is 43.8 Å². The monoisotopic (exact) mass is 414 g/mol. The van der Waals surface area contributed by atoms with Gasteiger partial charge in [-0.1, -0.05) is 0 Å². The Kier molecular flexibility index (Phi) is 4.48. The van der Waals surface area contributed by atoms with Gasteiger partial charge in [-0.15, -0.1) is 0 Å². The first-order valence-electron chi connectivity index (χ1n) is 9.71. The average Bonchev–Trinajstić information content (AvgIpc) is 3.38. The number of benzene rings is 2. The van der Waals surface area contributed by atoms with Crippen molar-refractivity contribution in [2.24, 2.45) is 11.8 Å². The molecule has 3 aliphatic rings. The minimum absolute atomic E-state index is 0.110. The molecule has 2 aliphatic heterocycles. The van der Waals surface area contributed by atoms with Crippen molar-refractivity contribution in [2.45, 2.75) is 18.6 Å². The predicted octanol–water partition coefficient (Wildman–Crippen LogP) is 1.89. The van der Waals surface area contributed by atoms with E-state index in [0.29, 0.717) is 34.1 Å². The Balaban J connectivity index is 1.74. The van der Waals surface area contributed by atoms with Crippen molar-refractivity contribution in [2.75, 3.05) is 27.6 Å². The van der Waals surface area contributed by atoms with Crippen molar-refractivity contribution in [3.8, 4) is 23.0 Å². The lowest BCUT2D eigenvalue weighted by Crippen LogP contribution is -2.34. The summed E-state index contributed by atoms with van der Waals surface area (Å²) in [6.07, 6.45) is -0.861. The number of carbonyl (C=O) groups excluding carboxylic acids is 1. The highest BCUT2D eigenvalue weighted by atomic mass is 16.7. The van der Waals surface area contributed by atoms with E-state index in [1.807, 2.05) is 6.07 Å². The van der Waals surface area contributed by atoms with Crippen LogP contribution in [0.2, 0.25) is 0 Å². The third-order valence-corrected chi connectivity index (χ3v) is 6.26. The number of cyclic esters (lactones) is 1. The van der Waals surface area contributed by atoms with Crippen molar-refractivity contribution in [3.05, 3.63) is 46.5 Å². The molecule has 1 unspecified atom stereocenters. The number of hydrogen-bond acceptors (Lipinski definition) is 8. The maximum Gasteiger partial charge on any atom is 0.310 e. The van der Waals surface area contributed by atoms with E-state index >= 15 is 0 Å². The molecular weight excluding hydrogens is 392 g/mol. The van der Waals surface area contributed by atoms with Gasteiger partial charge in [0.05, 0.1) is 39.5 Å². The first kappa shape index (κ1) is 19.0. The molecule has 30 heavy (non-hydrogen) atoms. The minimum Gasteiger partial charge on any atom is -0.493 e. The van der Waals surface area contributed by atoms with Gasteiger partial charge in [0.1, 0.15) is 0 Å². The third kappa shape index (κ3) is 2.64. The van der Waals surface area contributed by atoms with E-state index in [4.69, 9.17) is 23.7 Å². The van der Waals surface area contributed by atoms with Crippen LogP contribution in [0.4, 0.5) is 0 Å². The second-order valence-corrected chi connectivity index (χ2v) is 7.65. The summed E-state index contributed by atoms with van der Waals surface area (Å²) in [6.45, 7) is 0.00333. The van der Waals surface area contributed by atoms with E-state index in [9.17, 15) is 15.0 Å². The molecule has 5 rings (SSSR count). The molecular formula is C22H22O8. The summed E-state index contributed by atoms with van der Waals surface area (Å²) in [7, 11) is 3.03. The first-order valence-corrected chi connectivity index (χ1v) is 9.71. The molecule has 2 heterocycles. The van der Waals surface area contributed by atoms with Gasteiger partial charge < -0.3 is 33.9 Å². The summed E-state index contributed by atoms with van der Waals surface area (Å²) >= 11 is 0. The van der Waals surface area contributed by atoms with Crippen LogP contribution in [0.15, 0.2) is 24.3 Å². The second kappa shape index (κ2) is 7.07. The topological polar surface area (TPSA) is 104 Å². The number of carbonyl (C=O) groups is 1. The normalized spacial score (nSPS) is 26.1. The Hall–Kier alpha value is -2.97. The van der Waals surface area contributed by atoms with Crippen molar-refractivity contribution in [3.63, 3.8) is 0 Å². The number of rotatable bonds is 4. The van der Waals surface area contributed by atoms with Gasteiger partial charge in [-0.2, -0.15) is 0 Å². The molecule has 0 radical (unpaired) electrons. The molecule has 1 aliphatic carbocycles. The molecule has 1 fully saturated rings. The highest BCUT2D eigenvalue weighted by molar-refractivity contribution is 5.78. The van der Waals surface area contributed by atoms with Gasteiger partial charge in [0.15, 0.2) is 23.0 Å². The van der Waals surface area contributed by atoms with E-state index in [2.05, 4.69) is 0 Å². The molecule has 158 valence electrons. The standard InChI is InChI=1S/C22H22O8/c1-26-17-4-10(3-11(7-23)21(17)27-2)18-12-5-15-16(30-9-29-15)6-13(12)20(24)14-8-28-22(25)19(14)18/h3-6,14,18-20,23-24H,7-9H2,1-2H3/t14?,18-,19+,20+/m1/s1. The fourth-order valence-corrected chi connectivity index (χ4v) is 4.90. The van der Waals surface area contributed by atoms with Gasteiger partial charge in [0, 0.05) is 17.4 Å². The molecule has 4 atom stereocenters. The number of methoxy groups -OCH3 is 2. The van der Waals surface area contributed by atoms with Crippen molar-refractivity contribution >= 4 is 5.97 Å². The van der Waals surface area contributed by atoms with Crippen LogP contribution in [0, 0.1) is 11.8 Å². The van der Waals surface area contributed by atoms with Crippen LogP contribution in [0.25, 0.3) is 0 Å². The predicted molar refractivity (Wildman–Crippen MR) is 103 cm³/mol. The van der Waals surface area contributed by atoms with E-state index < -0.39 is 17.9 Å². The van der Waals surface area contributed by atoms with Crippen LogP contribution in [0.1, 0.15) is 34.3 Å². The number of esters is 1. The molecule has 2 aromatic rings. The number of fused-ring (bicyclic) bond motifs is 3. The van der Waals surface area contributed by atoms with Crippen LogP contribution in [0.3, 0.4) is 0 Å². The zero-order valence-corrected chi connectivity index (χ0v) is 16.6. The quantitative estimate of drug-likeness (QED) is 0.731. The Morgan fingerprint density at radius 1 is 1.03 bits per heavy atom. The lowest BCUT2D eigenvalue weighted by Gasteiger charge is -2.37. The van der Waals surface area contributed by atoms with Gasteiger partial charge >= 0.3 is 5.97 Å². The summed E-state index contributed by atoms with van der Waals surface area (Å²) < 4.78 is 27.3. The van der Waals surface area contributed by atoms with E-state index in [1.54, 1.807) is 18.2 Å². The Labute approximate surface area is 172 Å². The smallest absolute Gasteiger partial charge is 0.310 e. The number of ether oxygens (including phenoxy) is 5. The molecule has 8 nitrogen and oxygen atoms in total. The third-order valence-electron chi connectivity index (χ3n) is 6.26. The molecule has 8 heteroatoms. The fourth-order valence-electron chi connectivity index (χ4n) is 4.90. The summed E-state index contributed by atoms with van der Waals surface area (Å²) in [4.78, 5) is 12.7. The van der Waals surface area contributed by atoms with Crippen molar-refractivity contribution < 1.29 is 38.7 Å². The van der Waals surface area contributed by atoms with Crippen LogP contribution < -0.4 is 18.9 Å². The maximum atomic E-state index is 12.7. The summed E-state index contributed by atoms with van der Waals surface area (Å²) in [6, 6.07) is 7.21. The van der Waals surface area contributed by atoms with Crippen LogP contribution >= 0.6 is 0 Å². The van der Waals surface area contributed by atoms with Crippen LogP contribution in [-0.2, 0) is 16.1 Å². The molecule has 0 saturated carbocycles. The molecule has 0 amide bonds. The molecule has 0 spiro atoms. The first-order chi connectivity index (χ1) is 14.6. The van der Waals surface area contributed by atoms with Gasteiger partial charge in [-0.05, 0) is 41.0 Å². The second-order valence-electron chi connectivity index (χ2n) is 7.65. The van der Waals surface area contributed by atoms with Gasteiger partial charge in [-0.25, -0.2) is 0 Å². The fraction of sp³-hybridized carbons (Fsp3) is 0.409.